The molecule has 1 saturated carbocycles. The molecule has 1 aliphatic carbocycles. The van der Waals surface area contributed by atoms with Gasteiger partial charge in [0.15, 0.2) is 0 Å². The van der Waals surface area contributed by atoms with Gasteiger partial charge in [-0.25, -0.2) is 4.79 Å². The van der Waals surface area contributed by atoms with Crippen LogP contribution in [-0.2, 0) is 9.53 Å². The van der Waals surface area contributed by atoms with Crippen LogP contribution in [0.4, 0.5) is 5.69 Å². The van der Waals surface area contributed by atoms with Crippen LogP contribution >= 0.6 is 15.9 Å². The fraction of sp³-hybridized carbons (Fsp3) is 0.533. The van der Waals surface area contributed by atoms with Crippen LogP contribution in [0.15, 0.2) is 28.7 Å². The number of methoxy groups -OCH3 is 1. The normalized spacial score (nSPS) is 26.8. The molecule has 0 aromatic heterocycles. The van der Waals surface area contributed by atoms with E-state index in [9.17, 15) is 4.79 Å². The van der Waals surface area contributed by atoms with Crippen LogP contribution in [0.1, 0.15) is 32.6 Å². The van der Waals surface area contributed by atoms with Crippen LogP contribution in [0, 0.1) is 5.92 Å². The number of ether oxygens (including phenoxy) is 1. The Kier molecular flexibility index (Phi) is 4.50. The maximum atomic E-state index is 12.3. The van der Waals surface area contributed by atoms with Crippen molar-refractivity contribution in [3.05, 3.63) is 28.7 Å². The van der Waals surface area contributed by atoms with Gasteiger partial charge >= 0.3 is 5.97 Å². The van der Waals surface area contributed by atoms with Crippen LogP contribution in [0.25, 0.3) is 0 Å². The Morgan fingerprint density at radius 1 is 1.42 bits per heavy atom. The van der Waals surface area contributed by atoms with Gasteiger partial charge in [-0.3, -0.25) is 0 Å². The fourth-order valence-electron chi connectivity index (χ4n) is 2.87. The standard InChI is InChI=1S/C15H20BrNO2/c1-11-7-5-6-10-15(11,14(18)19-2)17-13-9-4-3-8-12(13)16/h3-4,8-9,11,17H,5-7,10H2,1-2H3. The molecular formula is C15H20BrNO2. The highest BCUT2D eigenvalue weighted by Crippen LogP contribution is 2.38. The van der Waals surface area contributed by atoms with E-state index >= 15 is 0 Å². The van der Waals surface area contributed by atoms with Crippen molar-refractivity contribution in [3.63, 3.8) is 0 Å². The summed E-state index contributed by atoms with van der Waals surface area (Å²) in [5.74, 6) is 0.108. The summed E-state index contributed by atoms with van der Waals surface area (Å²) in [7, 11) is 1.47. The van der Waals surface area contributed by atoms with Crippen LogP contribution in [0.2, 0.25) is 0 Å². The summed E-state index contributed by atoms with van der Waals surface area (Å²) in [6.45, 7) is 2.12. The van der Waals surface area contributed by atoms with Crippen LogP contribution in [0.5, 0.6) is 0 Å². The van der Waals surface area contributed by atoms with Gasteiger partial charge in [0, 0.05) is 10.2 Å². The number of carbonyl (C=O) groups excluding carboxylic acids is 1. The van der Waals surface area contributed by atoms with Crippen LogP contribution in [0.3, 0.4) is 0 Å². The minimum atomic E-state index is -0.600. The van der Waals surface area contributed by atoms with E-state index in [1.165, 1.54) is 13.5 Å². The molecule has 1 aliphatic rings. The highest BCUT2D eigenvalue weighted by molar-refractivity contribution is 9.10. The van der Waals surface area contributed by atoms with E-state index in [0.29, 0.717) is 0 Å². The Bertz CT molecular complexity index is 463. The molecule has 1 aromatic carbocycles. The summed E-state index contributed by atoms with van der Waals surface area (Å²) in [5.41, 5.74) is 0.346. The van der Waals surface area contributed by atoms with Gasteiger partial charge in [0.1, 0.15) is 5.54 Å². The molecule has 104 valence electrons. The third-order valence-electron chi connectivity index (χ3n) is 4.08. The molecule has 0 bridgehead atoms. The number of benzene rings is 1. The van der Waals surface area contributed by atoms with E-state index in [2.05, 4.69) is 28.2 Å². The number of nitrogens with one attached hydrogen (secondary N) is 1. The molecular weight excluding hydrogens is 306 g/mol. The average Bonchev–Trinajstić information content (AvgIpc) is 2.43. The first-order chi connectivity index (χ1) is 9.10. The number of rotatable bonds is 3. The monoisotopic (exact) mass is 325 g/mol. The zero-order valence-electron chi connectivity index (χ0n) is 11.4. The lowest BCUT2D eigenvalue weighted by Crippen LogP contribution is -2.54. The molecule has 2 rings (SSSR count). The molecule has 2 unspecified atom stereocenters. The number of halogens is 1. The Hall–Kier alpha value is -1.03. The van der Waals surface area contributed by atoms with E-state index in [0.717, 1.165) is 29.4 Å². The number of esters is 1. The Labute approximate surface area is 122 Å². The van der Waals surface area contributed by atoms with Gasteiger partial charge in [-0.1, -0.05) is 31.9 Å². The number of hydrogen-bond acceptors (Lipinski definition) is 3. The van der Waals surface area contributed by atoms with E-state index in [4.69, 9.17) is 4.74 Å². The maximum absolute atomic E-state index is 12.3. The Morgan fingerprint density at radius 2 is 2.16 bits per heavy atom. The van der Waals surface area contributed by atoms with E-state index in [1.807, 2.05) is 24.3 Å². The molecule has 0 heterocycles. The molecule has 0 radical (unpaired) electrons. The molecule has 2 atom stereocenters. The molecule has 0 spiro atoms. The van der Waals surface area contributed by atoms with Crippen molar-refractivity contribution >= 4 is 27.6 Å². The molecule has 4 heteroatoms. The third-order valence-corrected chi connectivity index (χ3v) is 4.77. The zero-order chi connectivity index (χ0) is 13.9. The van der Waals surface area contributed by atoms with Gasteiger partial charge in [-0.15, -0.1) is 0 Å². The SMILES string of the molecule is COC(=O)C1(Nc2ccccc2Br)CCCCC1C. The largest absolute Gasteiger partial charge is 0.467 e. The predicted molar refractivity (Wildman–Crippen MR) is 80.1 cm³/mol. The van der Waals surface area contributed by atoms with Crippen molar-refractivity contribution in [1.82, 2.24) is 0 Å². The predicted octanol–water partition coefficient (Wildman–Crippen LogP) is 3.98. The van der Waals surface area contributed by atoms with E-state index < -0.39 is 5.54 Å². The van der Waals surface area contributed by atoms with E-state index in [1.54, 1.807) is 0 Å². The minimum absolute atomic E-state index is 0.157. The maximum Gasteiger partial charge on any atom is 0.331 e. The van der Waals surface area contributed by atoms with Crippen molar-refractivity contribution in [3.8, 4) is 0 Å². The van der Waals surface area contributed by atoms with Crippen LogP contribution < -0.4 is 5.32 Å². The van der Waals surface area contributed by atoms with Gasteiger partial charge in [0.05, 0.1) is 7.11 Å². The topological polar surface area (TPSA) is 38.3 Å². The first kappa shape index (κ1) is 14.4. The van der Waals surface area contributed by atoms with Crippen molar-refractivity contribution in [1.29, 1.82) is 0 Å². The summed E-state index contributed by atoms with van der Waals surface area (Å²) >= 11 is 3.52. The molecule has 3 nitrogen and oxygen atoms in total. The lowest BCUT2D eigenvalue weighted by Gasteiger charge is -2.41. The Morgan fingerprint density at radius 3 is 2.79 bits per heavy atom. The second-order valence-corrected chi connectivity index (χ2v) is 6.07. The molecule has 1 fully saturated rings. The Balaban J connectivity index is 2.33. The molecule has 0 aliphatic heterocycles. The van der Waals surface area contributed by atoms with Crippen molar-refractivity contribution in [2.45, 2.75) is 38.1 Å². The summed E-state index contributed by atoms with van der Waals surface area (Å²) in [6.07, 6.45) is 4.10. The third kappa shape index (κ3) is 2.78. The molecule has 19 heavy (non-hydrogen) atoms. The quantitative estimate of drug-likeness (QED) is 0.854. The number of para-hydroxylation sites is 1. The van der Waals surface area contributed by atoms with E-state index in [-0.39, 0.29) is 11.9 Å². The van der Waals surface area contributed by atoms with Gasteiger partial charge < -0.3 is 10.1 Å². The number of carbonyl (C=O) groups is 1. The number of hydrogen-bond donors (Lipinski definition) is 1. The fourth-order valence-corrected chi connectivity index (χ4v) is 3.26. The average molecular weight is 326 g/mol. The molecule has 1 aromatic rings. The zero-order valence-corrected chi connectivity index (χ0v) is 13.0. The second-order valence-electron chi connectivity index (χ2n) is 5.21. The summed E-state index contributed by atoms with van der Waals surface area (Å²) < 4.78 is 6.03. The minimum Gasteiger partial charge on any atom is -0.467 e. The highest BCUT2D eigenvalue weighted by Gasteiger charge is 2.46. The van der Waals surface area contributed by atoms with Crippen LogP contribution in [-0.4, -0.2) is 18.6 Å². The first-order valence-corrected chi connectivity index (χ1v) is 7.50. The lowest BCUT2D eigenvalue weighted by molar-refractivity contribution is -0.149. The summed E-state index contributed by atoms with van der Waals surface area (Å²) in [4.78, 5) is 12.3. The summed E-state index contributed by atoms with van der Waals surface area (Å²) in [5, 5.41) is 3.44. The second kappa shape index (κ2) is 5.95. The van der Waals surface area contributed by atoms with Gasteiger partial charge in [0.2, 0.25) is 0 Å². The van der Waals surface area contributed by atoms with Crippen molar-refractivity contribution < 1.29 is 9.53 Å². The van der Waals surface area contributed by atoms with Crippen molar-refractivity contribution in [2.24, 2.45) is 5.92 Å². The first-order valence-electron chi connectivity index (χ1n) is 6.71. The summed E-state index contributed by atoms with van der Waals surface area (Å²) in [6, 6.07) is 7.88. The highest BCUT2D eigenvalue weighted by atomic mass is 79.9. The lowest BCUT2D eigenvalue weighted by atomic mass is 9.73. The van der Waals surface area contributed by atoms with Gasteiger partial charge in [-0.2, -0.15) is 0 Å². The smallest absolute Gasteiger partial charge is 0.331 e. The molecule has 1 N–H and O–H groups in total. The van der Waals surface area contributed by atoms with Gasteiger partial charge in [-0.05, 0) is 46.8 Å². The van der Waals surface area contributed by atoms with Gasteiger partial charge in [0.25, 0.3) is 0 Å². The molecule has 0 saturated heterocycles. The number of anilines is 1. The molecule has 0 amide bonds. The van der Waals surface area contributed by atoms with Crippen molar-refractivity contribution in [2.75, 3.05) is 12.4 Å².